The second-order valence-corrected chi connectivity index (χ2v) is 3.29. The monoisotopic (exact) mass is 199 g/mol. The molecule has 0 aromatic carbocycles. The van der Waals surface area contributed by atoms with E-state index in [9.17, 15) is 9.18 Å². The van der Waals surface area contributed by atoms with E-state index in [0.717, 1.165) is 0 Å². The number of carbonyl (C=O) groups is 1. The molecule has 3 nitrogen and oxygen atoms in total. The van der Waals surface area contributed by atoms with Crippen molar-refractivity contribution >= 4 is 18.4 Å². The van der Waals surface area contributed by atoms with Crippen LogP contribution in [0.5, 0.6) is 0 Å². The predicted molar refractivity (Wildman–Crippen MR) is 47.0 cm³/mol. The molecule has 0 fully saturated rings. The molecule has 0 aliphatic heterocycles. The maximum Gasteiger partial charge on any atom is 0.326 e. The second kappa shape index (κ2) is 5.32. The molecule has 0 rings (SSSR count). The van der Waals surface area contributed by atoms with Crippen LogP contribution < -0.4 is 5.73 Å². The lowest BCUT2D eigenvalue weighted by molar-refractivity contribution is -0.156. The zero-order valence-corrected chi connectivity index (χ0v) is 8.28. The largest absolute Gasteiger partial charge is 0.459 e. The van der Waals surface area contributed by atoms with Gasteiger partial charge in [0.25, 0.3) is 0 Å². The van der Waals surface area contributed by atoms with Gasteiger partial charge >= 0.3 is 5.97 Å². The molecule has 0 saturated heterocycles. The van der Waals surface area contributed by atoms with Crippen molar-refractivity contribution in [2.45, 2.75) is 32.4 Å². The predicted octanol–water partition coefficient (Wildman–Crippen LogP) is 1.05. The first-order valence-corrected chi connectivity index (χ1v) is 3.41. The quantitative estimate of drug-likeness (QED) is 0.677. The van der Waals surface area contributed by atoms with Gasteiger partial charge in [0.1, 0.15) is 18.3 Å². The number of alkyl halides is 1. The van der Waals surface area contributed by atoms with E-state index < -0.39 is 24.3 Å². The summed E-state index contributed by atoms with van der Waals surface area (Å²) in [6.45, 7) is 4.23. The second-order valence-electron chi connectivity index (χ2n) is 3.29. The molecule has 0 spiro atoms. The Bertz CT molecular complexity index is 147. The fourth-order valence-corrected chi connectivity index (χ4v) is 0.440. The van der Waals surface area contributed by atoms with E-state index in [1.807, 2.05) is 0 Å². The average molecular weight is 200 g/mol. The summed E-state index contributed by atoms with van der Waals surface area (Å²) in [5.74, 6) is -0.694. The van der Waals surface area contributed by atoms with Crippen LogP contribution in [-0.2, 0) is 9.53 Å². The number of carbonyl (C=O) groups excluding carboxylic acids is 1. The lowest BCUT2D eigenvalue weighted by atomic mass is 10.2. The molecule has 0 aromatic heterocycles. The highest BCUT2D eigenvalue weighted by Crippen LogP contribution is 2.07. The molecule has 0 aliphatic rings. The number of halogens is 2. The molecule has 0 bridgehead atoms. The van der Waals surface area contributed by atoms with E-state index >= 15 is 0 Å². The molecule has 0 aromatic rings. The zero-order chi connectivity index (χ0) is 9.07. The first-order chi connectivity index (χ1) is 4.87. The van der Waals surface area contributed by atoms with Crippen LogP contribution in [0.4, 0.5) is 4.39 Å². The van der Waals surface area contributed by atoms with Gasteiger partial charge in [-0.2, -0.15) is 0 Å². The van der Waals surface area contributed by atoms with E-state index in [4.69, 9.17) is 10.5 Å². The number of hydrogen-bond donors (Lipinski definition) is 1. The number of rotatable bonds is 2. The third kappa shape index (κ3) is 6.37. The van der Waals surface area contributed by atoms with Gasteiger partial charge in [-0.05, 0) is 20.8 Å². The van der Waals surface area contributed by atoms with Gasteiger partial charge in [-0.15, -0.1) is 12.4 Å². The third-order valence-corrected chi connectivity index (χ3v) is 0.876. The summed E-state index contributed by atoms with van der Waals surface area (Å²) in [5, 5.41) is 0. The van der Waals surface area contributed by atoms with Crippen LogP contribution in [0.2, 0.25) is 0 Å². The van der Waals surface area contributed by atoms with Gasteiger partial charge in [0.15, 0.2) is 0 Å². The molecule has 12 heavy (non-hydrogen) atoms. The van der Waals surface area contributed by atoms with Gasteiger partial charge in [0, 0.05) is 0 Å². The van der Waals surface area contributed by atoms with Crippen molar-refractivity contribution in [2.24, 2.45) is 5.73 Å². The van der Waals surface area contributed by atoms with Crippen LogP contribution >= 0.6 is 12.4 Å². The molecule has 0 saturated carbocycles. The Morgan fingerprint density at radius 2 is 2.00 bits per heavy atom. The van der Waals surface area contributed by atoms with E-state index in [0.29, 0.717) is 0 Å². The Labute approximate surface area is 77.9 Å². The van der Waals surface area contributed by atoms with Gasteiger partial charge < -0.3 is 10.5 Å². The Balaban J connectivity index is 0. The molecular formula is C7H15ClFNO2. The zero-order valence-electron chi connectivity index (χ0n) is 7.46. The van der Waals surface area contributed by atoms with E-state index in [1.165, 1.54) is 0 Å². The molecule has 0 amide bonds. The Kier molecular flexibility index (Phi) is 6.29. The smallest absolute Gasteiger partial charge is 0.326 e. The Morgan fingerprint density at radius 1 is 1.58 bits per heavy atom. The van der Waals surface area contributed by atoms with Crippen LogP contribution in [-0.4, -0.2) is 24.3 Å². The number of nitrogens with two attached hydrogens (primary N) is 1. The molecule has 1 atom stereocenters. The van der Waals surface area contributed by atoms with Gasteiger partial charge in [0.05, 0.1) is 0 Å². The normalized spacial score (nSPS) is 13.1. The minimum Gasteiger partial charge on any atom is -0.459 e. The van der Waals surface area contributed by atoms with Crippen molar-refractivity contribution in [1.29, 1.82) is 0 Å². The highest BCUT2D eigenvalue weighted by Gasteiger charge is 2.21. The van der Waals surface area contributed by atoms with Crippen LogP contribution in [0, 0.1) is 0 Å². The maximum absolute atomic E-state index is 11.8. The molecule has 2 N–H and O–H groups in total. The van der Waals surface area contributed by atoms with Gasteiger partial charge in [0.2, 0.25) is 0 Å². The van der Waals surface area contributed by atoms with E-state index in [-0.39, 0.29) is 12.4 Å². The number of esters is 1. The lowest BCUT2D eigenvalue weighted by Gasteiger charge is -2.20. The van der Waals surface area contributed by atoms with Crippen LogP contribution in [0.3, 0.4) is 0 Å². The molecule has 74 valence electrons. The van der Waals surface area contributed by atoms with Gasteiger partial charge in [-0.1, -0.05) is 0 Å². The van der Waals surface area contributed by atoms with Crippen molar-refractivity contribution in [2.75, 3.05) is 6.67 Å². The van der Waals surface area contributed by atoms with Crippen LogP contribution in [0.1, 0.15) is 20.8 Å². The van der Waals surface area contributed by atoms with Crippen molar-refractivity contribution in [3.05, 3.63) is 0 Å². The van der Waals surface area contributed by atoms with Crippen molar-refractivity contribution in [3.63, 3.8) is 0 Å². The highest BCUT2D eigenvalue weighted by atomic mass is 35.5. The highest BCUT2D eigenvalue weighted by molar-refractivity contribution is 5.85. The maximum atomic E-state index is 11.8. The molecule has 0 heterocycles. The lowest BCUT2D eigenvalue weighted by Crippen LogP contribution is -2.38. The Morgan fingerprint density at radius 3 is 2.25 bits per heavy atom. The van der Waals surface area contributed by atoms with E-state index in [2.05, 4.69) is 0 Å². The van der Waals surface area contributed by atoms with Crippen molar-refractivity contribution in [3.8, 4) is 0 Å². The van der Waals surface area contributed by atoms with E-state index in [1.54, 1.807) is 20.8 Å². The topological polar surface area (TPSA) is 52.3 Å². The molecule has 0 radical (unpaired) electrons. The van der Waals surface area contributed by atoms with Gasteiger partial charge in [-0.3, -0.25) is 4.79 Å². The number of hydrogen-bond acceptors (Lipinski definition) is 3. The summed E-state index contributed by atoms with van der Waals surface area (Å²) in [5.41, 5.74) is 4.48. The summed E-state index contributed by atoms with van der Waals surface area (Å²) in [4.78, 5) is 10.8. The van der Waals surface area contributed by atoms with Crippen molar-refractivity contribution in [1.82, 2.24) is 0 Å². The molecule has 5 heteroatoms. The summed E-state index contributed by atoms with van der Waals surface area (Å²) < 4.78 is 16.6. The third-order valence-electron chi connectivity index (χ3n) is 0.876. The minimum atomic E-state index is -1.14. The van der Waals surface area contributed by atoms with Gasteiger partial charge in [-0.25, -0.2) is 4.39 Å². The standard InChI is InChI=1S/C7H14FNO2.ClH/c1-7(2,3)11-6(10)5(9)4-8;/h5H,4,9H2,1-3H3;1H. The first kappa shape index (κ1) is 14.2. The summed E-state index contributed by atoms with van der Waals surface area (Å²) in [6, 6.07) is -1.14. The van der Waals surface area contributed by atoms with Crippen molar-refractivity contribution < 1.29 is 13.9 Å². The minimum absolute atomic E-state index is 0. The summed E-state index contributed by atoms with van der Waals surface area (Å²) in [7, 11) is 0. The fraction of sp³-hybridized carbons (Fsp3) is 0.857. The summed E-state index contributed by atoms with van der Waals surface area (Å²) >= 11 is 0. The molecule has 1 unspecified atom stereocenters. The average Bonchev–Trinajstić information content (AvgIpc) is 1.82. The number of ether oxygens (including phenoxy) is 1. The Hall–Kier alpha value is -0.350. The SMILES string of the molecule is CC(C)(C)OC(=O)C(N)CF.Cl. The van der Waals surface area contributed by atoms with Crippen LogP contribution in [0.25, 0.3) is 0 Å². The summed E-state index contributed by atoms with van der Waals surface area (Å²) in [6.07, 6.45) is 0. The molecule has 0 aliphatic carbocycles. The first-order valence-electron chi connectivity index (χ1n) is 3.41. The fourth-order valence-electron chi connectivity index (χ4n) is 0.440. The molecular weight excluding hydrogens is 185 g/mol. The van der Waals surface area contributed by atoms with Crippen LogP contribution in [0.15, 0.2) is 0 Å².